The second kappa shape index (κ2) is 5.44. The lowest BCUT2D eigenvalue weighted by atomic mass is 10.2. The van der Waals surface area contributed by atoms with Crippen molar-refractivity contribution < 1.29 is 9.90 Å². The van der Waals surface area contributed by atoms with Crippen LogP contribution in [0.2, 0.25) is 0 Å². The lowest BCUT2D eigenvalue weighted by Crippen LogP contribution is -2.11. The summed E-state index contributed by atoms with van der Waals surface area (Å²) in [7, 11) is 0. The molecule has 0 radical (unpaired) electrons. The smallest absolute Gasteiger partial charge is 0.354 e. The molecule has 0 atom stereocenters. The van der Waals surface area contributed by atoms with Gasteiger partial charge in [-0.05, 0) is 6.42 Å². The van der Waals surface area contributed by atoms with E-state index in [9.17, 15) is 4.79 Å². The summed E-state index contributed by atoms with van der Waals surface area (Å²) < 4.78 is 0. The normalized spacial score (nSPS) is 10.5. The van der Waals surface area contributed by atoms with E-state index in [1.165, 1.54) is 6.07 Å². The molecular formula is C11H17N3O2. The van der Waals surface area contributed by atoms with Gasteiger partial charge in [0.25, 0.3) is 0 Å². The Labute approximate surface area is 94.9 Å². The summed E-state index contributed by atoms with van der Waals surface area (Å²) >= 11 is 0. The van der Waals surface area contributed by atoms with Crippen molar-refractivity contribution in [3.8, 4) is 0 Å². The van der Waals surface area contributed by atoms with Crippen LogP contribution in [-0.2, 0) is 0 Å². The van der Waals surface area contributed by atoms with Crippen LogP contribution in [0.15, 0.2) is 6.07 Å². The summed E-state index contributed by atoms with van der Waals surface area (Å²) in [4.78, 5) is 19.1. The number of carbonyl (C=O) groups is 1. The quantitative estimate of drug-likeness (QED) is 0.799. The fraction of sp³-hybridized carbons (Fsp3) is 0.545. The third-order valence-corrected chi connectivity index (χ3v) is 2.04. The van der Waals surface area contributed by atoms with Crippen molar-refractivity contribution in [3.63, 3.8) is 0 Å². The Bertz CT molecular complexity index is 377. The summed E-state index contributed by atoms with van der Waals surface area (Å²) in [6, 6.07) is 1.46. The number of hydrogen-bond donors (Lipinski definition) is 2. The van der Waals surface area contributed by atoms with E-state index in [0.717, 1.165) is 13.0 Å². The number of hydrogen-bond acceptors (Lipinski definition) is 4. The van der Waals surface area contributed by atoms with Crippen molar-refractivity contribution >= 4 is 11.8 Å². The van der Waals surface area contributed by atoms with Crippen LogP contribution >= 0.6 is 0 Å². The van der Waals surface area contributed by atoms with Crippen molar-refractivity contribution in [1.82, 2.24) is 9.97 Å². The number of carboxylic acid groups (broad SMARTS) is 1. The molecule has 1 rings (SSSR count). The average molecular weight is 223 g/mol. The molecule has 0 aliphatic rings. The van der Waals surface area contributed by atoms with Gasteiger partial charge in [0, 0.05) is 18.5 Å². The second-order valence-corrected chi connectivity index (χ2v) is 3.88. The molecule has 0 saturated carbocycles. The highest BCUT2D eigenvalue weighted by Crippen LogP contribution is 2.14. The molecule has 88 valence electrons. The highest BCUT2D eigenvalue weighted by molar-refractivity contribution is 5.86. The number of aromatic carboxylic acids is 1. The van der Waals surface area contributed by atoms with Crippen molar-refractivity contribution in [1.29, 1.82) is 0 Å². The molecule has 5 nitrogen and oxygen atoms in total. The van der Waals surface area contributed by atoms with Gasteiger partial charge < -0.3 is 10.4 Å². The van der Waals surface area contributed by atoms with Gasteiger partial charge in [-0.15, -0.1) is 0 Å². The van der Waals surface area contributed by atoms with Gasteiger partial charge in [-0.1, -0.05) is 20.8 Å². The van der Waals surface area contributed by atoms with Gasteiger partial charge >= 0.3 is 5.97 Å². The number of nitrogens with one attached hydrogen (secondary N) is 1. The molecular weight excluding hydrogens is 206 g/mol. The average Bonchev–Trinajstić information content (AvgIpc) is 2.25. The molecule has 16 heavy (non-hydrogen) atoms. The van der Waals surface area contributed by atoms with Crippen molar-refractivity contribution in [3.05, 3.63) is 17.6 Å². The van der Waals surface area contributed by atoms with Crippen LogP contribution in [0.3, 0.4) is 0 Å². The van der Waals surface area contributed by atoms with Gasteiger partial charge in [0.05, 0.1) is 0 Å². The summed E-state index contributed by atoms with van der Waals surface area (Å²) in [5.41, 5.74) is 0.0392. The zero-order valence-electron chi connectivity index (χ0n) is 9.82. The Hall–Kier alpha value is -1.65. The Kier molecular flexibility index (Phi) is 4.22. The van der Waals surface area contributed by atoms with E-state index in [-0.39, 0.29) is 11.6 Å². The third-order valence-electron chi connectivity index (χ3n) is 2.04. The highest BCUT2D eigenvalue weighted by Gasteiger charge is 2.12. The zero-order valence-corrected chi connectivity index (χ0v) is 9.82. The molecule has 0 bridgehead atoms. The maximum Gasteiger partial charge on any atom is 0.354 e. The molecule has 0 saturated heterocycles. The van der Waals surface area contributed by atoms with Crippen molar-refractivity contribution in [2.24, 2.45) is 0 Å². The highest BCUT2D eigenvalue weighted by atomic mass is 16.4. The molecule has 1 aromatic heterocycles. The molecule has 0 spiro atoms. The van der Waals surface area contributed by atoms with Crippen LogP contribution in [0.5, 0.6) is 0 Å². The standard InChI is InChI=1S/C11H17N3O2/c1-4-5-12-9-6-8(11(15)16)13-10(14-9)7(2)3/h6-7H,4-5H2,1-3H3,(H,15,16)(H,12,13,14). The van der Waals surface area contributed by atoms with E-state index in [2.05, 4.69) is 15.3 Å². The van der Waals surface area contributed by atoms with Crippen molar-refractivity contribution in [2.75, 3.05) is 11.9 Å². The Morgan fingerprint density at radius 2 is 2.19 bits per heavy atom. The summed E-state index contributed by atoms with van der Waals surface area (Å²) in [5.74, 6) is 0.224. The van der Waals surface area contributed by atoms with E-state index in [1.54, 1.807) is 0 Å². The molecule has 0 fully saturated rings. The fourth-order valence-corrected chi connectivity index (χ4v) is 1.18. The number of nitrogens with zero attached hydrogens (tertiary/aromatic N) is 2. The van der Waals surface area contributed by atoms with Gasteiger partial charge in [0.2, 0.25) is 0 Å². The van der Waals surface area contributed by atoms with Crippen LogP contribution in [-0.4, -0.2) is 27.6 Å². The van der Waals surface area contributed by atoms with E-state index in [4.69, 9.17) is 5.11 Å². The van der Waals surface area contributed by atoms with Crippen LogP contribution in [0, 0.1) is 0 Å². The molecule has 0 aliphatic carbocycles. The number of carboxylic acids is 1. The lowest BCUT2D eigenvalue weighted by molar-refractivity contribution is 0.0690. The Morgan fingerprint density at radius 3 is 2.69 bits per heavy atom. The minimum absolute atomic E-state index is 0.0392. The molecule has 0 unspecified atom stereocenters. The summed E-state index contributed by atoms with van der Waals surface area (Å²) in [6.07, 6.45) is 0.962. The van der Waals surface area contributed by atoms with E-state index in [0.29, 0.717) is 11.6 Å². The molecule has 1 aromatic rings. The first-order valence-electron chi connectivity index (χ1n) is 5.40. The van der Waals surface area contributed by atoms with Crippen LogP contribution in [0.4, 0.5) is 5.82 Å². The lowest BCUT2D eigenvalue weighted by Gasteiger charge is -2.09. The van der Waals surface area contributed by atoms with Gasteiger partial charge in [0.1, 0.15) is 11.6 Å². The minimum atomic E-state index is -1.02. The summed E-state index contributed by atoms with van der Waals surface area (Å²) in [6.45, 7) is 6.68. The predicted molar refractivity (Wildman–Crippen MR) is 61.9 cm³/mol. The van der Waals surface area contributed by atoms with Crippen LogP contribution in [0.25, 0.3) is 0 Å². The predicted octanol–water partition coefficient (Wildman–Crippen LogP) is 2.12. The first-order chi connectivity index (χ1) is 7.54. The third kappa shape index (κ3) is 3.18. The second-order valence-electron chi connectivity index (χ2n) is 3.88. The molecule has 0 aromatic carbocycles. The van der Waals surface area contributed by atoms with Crippen molar-refractivity contribution in [2.45, 2.75) is 33.1 Å². The Morgan fingerprint density at radius 1 is 1.50 bits per heavy atom. The maximum atomic E-state index is 10.9. The number of anilines is 1. The molecule has 0 aliphatic heterocycles. The molecule has 0 amide bonds. The van der Waals surface area contributed by atoms with Crippen LogP contribution < -0.4 is 5.32 Å². The fourth-order valence-electron chi connectivity index (χ4n) is 1.18. The largest absolute Gasteiger partial charge is 0.477 e. The van der Waals surface area contributed by atoms with E-state index in [1.807, 2.05) is 20.8 Å². The topological polar surface area (TPSA) is 75.1 Å². The van der Waals surface area contributed by atoms with Crippen LogP contribution in [0.1, 0.15) is 49.4 Å². The summed E-state index contributed by atoms with van der Waals surface area (Å²) in [5, 5.41) is 12.0. The van der Waals surface area contributed by atoms with Gasteiger partial charge in [-0.3, -0.25) is 0 Å². The van der Waals surface area contributed by atoms with Gasteiger partial charge in [-0.25, -0.2) is 14.8 Å². The van der Waals surface area contributed by atoms with Gasteiger partial charge in [-0.2, -0.15) is 0 Å². The van der Waals surface area contributed by atoms with Gasteiger partial charge in [0.15, 0.2) is 5.69 Å². The first-order valence-corrected chi connectivity index (χ1v) is 5.40. The maximum absolute atomic E-state index is 10.9. The number of rotatable bonds is 5. The molecule has 1 heterocycles. The SMILES string of the molecule is CCCNc1cc(C(=O)O)nc(C(C)C)n1. The molecule has 5 heteroatoms. The number of aromatic nitrogens is 2. The minimum Gasteiger partial charge on any atom is -0.477 e. The first kappa shape index (κ1) is 12.4. The monoisotopic (exact) mass is 223 g/mol. The zero-order chi connectivity index (χ0) is 12.1. The van der Waals surface area contributed by atoms with E-state index >= 15 is 0 Å². The Balaban J connectivity index is 3.03. The molecule has 2 N–H and O–H groups in total. The van der Waals surface area contributed by atoms with E-state index < -0.39 is 5.97 Å².